The van der Waals surface area contributed by atoms with Crippen LogP contribution >= 0.6 is 0 Å². The number of anilines is 2. The largest absolute Gasteiger partial charge is 0.342 e. The minimum Gasteiger partial charge on any atom is -0.342 e. The van der Waals surface area contributed by atoms with Crippen molar-refractivity contribution in [3.63, 3.8) is 0 Å². The quantitative estimate of drug-likeness (QED) is 0.761. The Morgan fingerprint density at radius 2 is 1.83 bits per heavy atom. The van der Waals surface area contributed by atoms with Crippen LogP contribution in [0.1, 0.15) is 17.3 Å². The predicted octanol–water partition coefficient (Wildman–Crippen LogP) is 3.80. The second-order valence-corrected chi connectivity index (χ2v) is 3.93. The summed E-state index contributed by atoms with van der Waals surface area (Å²) in [5.74, 6) is -0.254. The molecule has 0 unspecified atom stereocenters. The Morgan fingerprint density at radius 1 is 1.11 bits per heavy atom. The molecule has 0 aliphatic rings. The van der Waals surface area contributed by atoms with Crippen LogP contribution in [0.3, 0.4) is 0 Å². The van der Waals surface area contributed by atoms with E-state index in [4.69, 9.17) is 0 Å². The van der Waals surface area contributed by atoms with Crippen molar-refractivity contribution in [1.82, 2.24) is 0 Å². The van der Waals surface area contributed by atoms with Crippen molar-refractivity contribution in [3.05, 3.63) is 59.9 Å². The molecule has 0 aliphatic heterocycles. The van der Waals surface area contributed by atoms with E-state index in [1.807, 2.05) is 30.0 Å². The van der Waals surface area contributed by atoms with Crippen LogP contribution in [0.5, 0.6) is 0 Å². The van der Waals surface area contributed by atoms with Gasteiger partial charge in [-0.2, -0.15) is 0 Å². The molecule has 0 bridgehead atoms. The molecule has 0 radical (unpaired) electrons. The maximum absolute atomic E-state index is 13.2. The predicted molar refractivity (Wildman–Crippen MR) is 70.9 cm³/mol. The Hall–Kier alpha value is -2.16. The molecule has 0 amide bonds. The van der Waals surface area contributed by atoms with E-state index in [2.05, 4.69) is 0 Å². The minimum absolute atomic E-state index is 0.254. The third-order valence-electron chi connectivity index (χ3n) is 2.78. The van der Waals surface area contributed by atoms with Crippen LogP contribution in [0, 0.1) is 5.82 Å². The molecular formula is C15H14FNO. The van der Waals surface area contributed by atoms with Crippen LogP contribution < -0.4 is 4.90 Å². The third-order valence-corrected chi connectivity index (χ3v) is 2.78. The molecule has 2 rings (SSSR count). The first kappa shape index (κ1) is 12.3. The molecule has 2 aromatic carbocycles. The molecule has 0 aliphatic carbocycles. The van der Waals surface area contributed by atoms with Crippen LogP contribution in [-0.4, -0.2) is 12.8 Å². The lowest BCUT2D eigenvalue weighted by atomic mass is 10.2. The first-order valence-corrected chi connectivity index (χ1v) is 5.83. The number of carbonyl (C=O) groups is 1. The average molecular weight is 243 g/mol. The van der Waals surface area contributed by atoms with Gasteiger partial charge in [0.15, 0.2) is 0 Å². The molecule has 92 valence electrons. The zero-order valence-electron chi connectivity index (χ0n) is 10.1. The van der Waals surface area contributed by atoms with E-state index in [0.717, 1.165) is 24.2 Å². The highest BCUT2D eigenvalue weighted by atomic mass is 19.1. The fourth-order valence-electron chi connectivity index (χ4n) is 1.89. The molecule has 0 spiro atoms. The fourth-order valence-corrected chi connectivity index (χ4v) is 1.89. The number of nitrogens with zero attached hydrogens (tertiary/aromatic N) is 1. The monoisotopic (exact) mass is 243 g/mol. The summed E-state index contributed by atoms with van der Waals surface area (Å²) in [4.78, 5) is 12.6. The smallest absolute Gasteiger partial charge is 0.150 e. The highest BCUT2D eigenvalue weighted by Crippen LogP contribution is 2.25. The molecular weight excluding hydrogens is 229 g/mol. The average Bonchev–Trinajstić information content (AvgIpc) is 2.40. The summed E-state index contributed by atoms with van der Waals surface area (Å²) in [6.45, 7) is 2.72. The summed E-state index contributed by atoms with van der Waals surface area (Å²) in [7, 11) is 0. The number of aldehydes is 1. The first-order chi connectivity index (χ1) is 8.74. The van der Waals surface area contributed by atoms with Crippen molar-refractivity contribution in [2.45, 2.75) is 6.92 Å². The van der Waals surface area contributed by atoms with Crippen molar-refractivity contribution >= 4 is 17.7 Å². The summed E-state index contributed by atoms with van der Waals surface area (Å²) in [6.07, 6.45) is 0.808. The fraction of sp³-hybridized carbons (Fsp3) is 0.133. The molecule has 0 saturated heterocycles. The molecule has 0 heterocycles. The van der Waals surface area contributed by atoms with E-state index in [1.165, 1.54) is 12.1 Å². The lowest BCUT2D eigenvalue weighted by Crippen LogP contribution is -2.16. The number of rotatable bonds is 4. The van der Waals surface area contributed by atoms with Gasteiger partial charge in [-0.25, -0.2) is 4.39 Å². The van der Waals surface area contributed by atoms with Gasteiger partial charge in [0.2, 0.25) is 0 Å². The lowest BCUT2D eigenvalue weighted by Gasteiger charge is -2.23. The SMILES string of the molecule is CCN(c1ccc(C=O)cc1)c1cccc(F)c1. The van der Waals surface area contributed by atoms with Crippen molar-refractivity contribution in [1.29, 1.82) is 0 Å². The number of benzene rings is 2. The van der Waals surface area contributed by atoms with E-state index in [1.54, 1.807) is 18.2 Å². The molecule has 0 saturated carbocycles. The topological polar surface area (TPSA) is 20.3 Å². The van der Waals surface area contributed by atoms with Gasteiger partial charge < -0.3 is 4.90 Å². The second-order valence-electron chi connectivity index (χ2n) is 3.93. The molecule has 0 atom stereocenters. The summed E-state index contributed by atoms with van der Waals surface area (Å²) < 4.78 is 13.2. The van der Waals surface area contributed by atoms with Gasteiger partial charge in [0.05, 0.1) is 0 Å². The molecule has 2 aromatic rings. The molecule has 0 fully saturated rings. The highest BCUT2D eigenvalue weighted by Gasteiger charge is 2.07. The van der Waals surface area contributed by atoms with Crippen LogP contribution in [0.15, 0.2) is 48.5 Å². The number of carbonyl (C=O) groups excluding carboxylic acids is 1. The summed E-state index contributed by atoms with van der Waals surface area (Å²) >= 11 is 0. The van der Waals surface area contributed by atoms with Crippen LogP contribution in [0.25, 0.3) is 0 Å². The van der Waals surface area contributed by atoms with Crippen LogP contribution in [0.4, 0.5) is 15.8 Å². The Morgan fingerprint density at radius 3 is 2.39 bits per heavy atom. The Balaban J connectivity index is 2.35. The van der Waals surface area contributed by atoms with E-state index >= 15 is 0 Å². The minimum atomic E-state index is -0.254. The first-order valence-electron chi connectivity index (χ1n) is 5.83. The Labute approximate surface area is 106 Å². The molecule has 0 N–H and O–H groups in total. The normalized spacial score (nSPS) is 10.1. The van der Waals surface area contributed by atoms with Gasteiger partial charge in [-0.1, -0.05) is 6.07 Å². The van der Waals surface area contributed by atoms with Gasteiger partial charge in [-0.05, 0) is 49.4 Å². The molecule has 18 heavy (non-hydrogen) atoms. The molecule has 2 nitrogen and oxygen atoms in total. The standard InChI is InChI=1S/C15H14FNO/c1-2-17(15-5-3-4-13(16)10-15)14-8-6-12(11-18)7-9-14/h3-11H,2H2,1H3. The summed E-state index contributed by atoms with van der Waals surface area (Å²) in [5.41, 5.74) is 2.37. The van der Waals surface area contributed by atoms with Gasteiger partial charge in [-0.15, -0.1) is 0 Å². The van der Waals surface area contributed by atoms with E-state index in [-0.39, 0.29) is 5.82 Å². The summed E-state index contributed by atoms with van der Waals surface area (Å²) in [5, 5.41) is 0. The number of hydrogen-bond acceptors (Lipinski definition) is 2. The zero-order valence-corrected chi connectivity index (χ0v) is 10.1. The third kappa shape index (κ3) is 2.56. The lowest BCUT2D eigenvalue weighted by molar-refractivity contribution is 0.112. The Bertz CT molecular complexity index is 536. The summed E-state index contributed by atoms with van der Waals surface area (Å²) in [6, 6.07) is 13.7. The maximum atomic E-state index is 13.2. The van der Waals surface area contributed by atoms with Crippen molar-refractivity contribution < 1.29 is 9.18 Å². The van der Waals surface area contributed by atoms with Crippen LogP contribution in [0.2, 0.25) is 0 Å². The Kier molecular flexibility index (Phi) is 3.72. The highest BCUT2D eigenvalue weighted by molar-refractivity contribution is 5.76. The van der Waals surface area contributed by atoms with Crippen molar-refractivity contribution in [3.8, 4) is 0 Å². The van der Waals surface area contributed by atoms with Crippen LogP contribution in [-0.2, 0) is 0 Å². The van der Waals surface area contributed by atoms with Gasteiger partial charge in [0, 0.05) is 23.5 Å². The van der Waals surface area contributed by atoms with E-state index in [0.29, 0.717) is 5.56 Å². The van der Waals surface area contributed by atoms with Gasteiger partial charge in [-0.3, -0.25) is 4.79 Å². The van der Waals surface area contributed by atoms with Crippen molar-refractivity contribution in [2.75, 3.05) is 11.4 Å². The van der Waals surface area contributed by atoms with E-state index in [9.17, 15) is 9.18 Å². The van der Waals surface area contributed by atoms with Gasteiger partial charge in [0.1, 0.15) is 12.1 Å². The van der Waals surface area contributed by atoms with Gasteiger partial charge in [0.25, 0.3) is 0 Å². The molecule has 0 aromatic heterocycles. The zero-order chi connectivity index (χ0) is 13.0. The number of halogens is 1. The number of hydrogen-bond donors (Lipinski definition) is 0. The maximum Gasteiger partial charge on any atom is 0.150 e. The van der Waals surface area contributed by atoms with E-state index < -0.39 is 0 Å². The molecule has 3 heteroatoms. The second kappa shape index (κ2) is 5.45. The van der Waals surface area contributed by atoms with Gasteiger partial charge >= 0.3 is 0 Å². The van der Waals surface area contributed by atoms with Crippen molar-refractivity contribution in [2.24, 2.45) is 0 Å².